The Labute approximate surface area is 132 Å². The minimum Gasteiger partial charge on any atom is -0.345 e. The SMILES string of the molecule is CN(C)C(=O)c1cccc(NS(=O)(=O)c2ccc(F)cc2F)c1. The zero-order valence-corrected chi connectivity index (χ0v) is 13.2. The quantitative estimate of drug-likeness (QED) is 0.930. The van der Waals surface area contributed by atoms with E-state index in [1.807, 2.05) is 0 Å². The first-order valence-electron chi connectivity index (χ1n) is 6.50. The Morgan fingerprint density at radius 2 is 1.78 bits per heavy atom. The van der Waals surface area contributed by atoms with Crippen LogP contribution >= 0.6 is 0 Å². The van der Waals surface area contributed by atoms with Gasteiger partial charge in [0, 0.05) is 31.4 Å². The molecule has 1 N–H and O–H groups in total. The predicted molar refractivity (Wildman–Crippen MR) is 81.6 cm³/mol. The van der Waals surface area contributed by atoms with Gasteiger partial charge in [-0.05, 0) is 30.3 Å². The fraction of sp³-hybridized carbons (Fsp3) is 0.133. The Balaban J connectivity index is 2.34. The molecule has 0 fully saturated rings. The summed E-state index contributed by atoms with van der Waals surface area (Å²) in [5.41, 5.74) is 0.371. The molecule has 2 aromatic rings. The summed E-state index contributed by atoms with van der Waals surface area (Å²) >= 11 is 0. The van der Waals surface area contributed by atoms with Crippen LogP contribution in [0, 0.1) is 11.6 Å². The average molecular weight is 340 g/mol. The second kappa shape index (κ2) is 6.33. The molecule has 1 amide bonds. The normalized spacial score (nSPS) is 11.1. The second-order valence-electron chi connectivity index (χ2n) is 4.96. The van der Waals surface area contributed by atoms with Gasteiger partial charge in [0.15, 0.2) is 0 Å². The maximum absolute atomic E-state index is 13.6. The summed E-state index contributed by atoms with van der Waals surface area (Å²) in [5.74, 6) is -2.38. The summed E-state index contributed by atoms with van der Waals surface area (Å²) < 4.78 is 53.1. The van der Waals surface area contributed by atoms with E-state index >= 15 is 0 Å². The van der Waals surface area contributed by atoms with E-state index in [9.17, 15) is 22.0 Å². The summed E-state index contributed by atoms with van der Waals surface area (Å²) in [6, 6.07) is 7.95. The molecule has 0 aliphatic heterocycles. The van der Waals surface area contributed by atoms with Gasteiger partial charge in [-0.15, -0.1) is 0 Å². The van der Waals surface area contributed by atoms with Crippen molar-refractivity contribution in [2.45, 2.75) is 4.90 Å². The van der Waals surface area contributed by atoms with Crippen LogP contribution in [0.25, 0.3) is 0 Å². The number of rotatable bonds is 4. The van der Waals surface area contributed by atoms with Crippen molar-refractivity contribution in [1.82, 2.24) is 4.90 Å². The third kappa shape index (κ3) is 3.84. The molecule has 0 aromatic heterocycles. The van der Waals surface area contributed by atoms with Crippen molar-refractivity contribution in [2.24, 2.45) is 0 Å². The second-order valence-corrected chi connectivity index (χ2v) is 6.61. The molecule has 23 heavy (non-hydrogen) atoms. The van der Waals surface area contributed by atoms with Crippen molar-refractivity contribution < 1.29 is 22.0 Å². The van der Waals surface area contributed by atoms with Gasteiger partial charge in [-0.2, -0.15) is 0 Å². The summed E-state index contributed by atoms with van der Waals surface area (Å²) in [6.45, 7) is 0. The molecule has 0 saturated heterocycles. The monoisotopic (exact) mass is 340 g/mol. The molecule has 0 aliphatic carbocycles. The molecule has 5 nitrogen and oxygen atoms in total. The molecule has 2 rings (SSSR count). The number of carbonyl (C=O) groups is 1. The van der Waals surface area contributed by atoms with Gasteiger partial charge in [-0.1, -0.05) is 6.07 Å². The average Bonchev–Trinajstić information content (AvgIpc) is 2.45. The van der Waals surface area contributed by atoms with Crippen LogP contribution < -0.4 is 4.72 Å². The third-order valence-corrected chi connectivity index (χ3v) is 4.37. The first-order chi connectivity index (χ1) is 10.7. The third-order valence-electron chi connectivity index (χ3n) is 2.95. The first-order valence-corrected chi connectivity index (χ1v) is 7.98. The number of nitrogens with zero attached hydrogens (tertiary/aromatic N) is 1. The Morgan fingerprint density at radius 3 is 2.39 bits per heavy atom. The number of halogens is 2. The Morgan fingerprint density at radius 1 is 1.09 bits per heavy atom. The lowest BCUT2D eigenvalue weighted by molar-refractivity contribution is 0.0827. The number of sulfonamides is 1. The molecule has 0 spiro atoms. The molecule has 0 unspecified atom stereocenters. The van der Waals surface area contributed by atoms with Gasteiger partial charge in [-0.3, -0.25) is 9.52 Å². The van der Waals surface area contributed by atoms with E-state index in [1.54, 1.807) is 14.1 Å². The zero-order chi connectivity index (χ0) is 17.2. The van der Waals surface area contributed by atoms with E-state index in [-0.39, 0.29) is 17.2 Å². The van der Waals surface area contributed by atoms with E-state index in [1.165, 1.54) is 29.2 Å². The molecule has 0 atom stereocenters. The molecule has 0 aliphatic rings. The highest BCUT2D eigenvalue weighted by molar-refractivity contribution is 7.92. The minimum atomic E-state index is -4.24. The topological polar surface area (TPSA) is 66.5 Å². The van der Waals surface area contributed by atoms with Crippen LogP contribution in [0.2, 0.25) is 0 Å². The Kier molecular flexibility index (Phi) is 4.65. The molecule has 0 bridgehead atoms. The van der Waals surface area contributed by atoms with Crippen molar-refractivity contribution in [3.8, 4) is 0 Å². The van der Waals surface area contributed by atoms with Gasteiger partial charge in [0.25, 0.3) is 15.9 Å². The van der Waals surface area contributed by atoms with Crippen molar-refractivity contribution in [3.05, 3.63) is 59.7 Å². The van der Waals surface area contributed by atoms with Crippen molar-refractivity contribution in [3.63, 3.8) is 0 Å². The zero-order valence-electron chi connectivity index (χ0n) is 12.4. The van der Waals surface area contributed by atoms with E-state index in [2.05, 4.69) is 4.72 Å². The van der Waals surface area contributed by atoms with E-state index in [4.69, 9.17) is 0 Å². The van der Waals surface area contributed by atoms with Gasteiger partial charge in [0.05, 0.1) is 0 Å². The van der Waals surface area contributed by atoms with E-state index in [0.717, 1.165) is 12.1 Å². The van der Waals surface area contributed by atoms with Gasteiger partial charge in [-0.25, -0.2) is 17.2 Å². The maximum Gasteiger partial charge on any atom is 0.264 e. The molecule has 122 valence electrons. The Bertz CT molecular complexity index is 852. The van der Waals surface area contributed by atoms with Crippen molar-refractivity contribution in [1.29, 1.82) is 0 Å². The van der Waals surface area contributed by atoms with Gasteiger partial charge < -0.3 is 4.90 Å². The van der Waals surface area contributed by atoms with Crippen LogP contribution in [0.4, 0.5) is 14.5 Å². The molecule has 8 heteroatoms. The number of nitrogens with one attached hydrogen (secondary N) is 1. The van der Waals surface area contributed by atoms with Gasteiger partial charge in [0.1, 0.15) is 16.5 Å². The van der Waals surface area contributed by atoms with E-state index < -0.39 is 26.6 Å². The van der Waals surface area contributed by atoms with Crippen LogP contribution in [0.1, 0.15) is 10.4 Å². The summed E-state index contributed by atoms with van der Waals surface area (Å²) in [7, 11) is -1.11. The van der Waals surface area contributed by atoms with Crippen molar-refractivity contribution in [2.75, 3.05) is 18.8 Å². The highest BCUT2D eigenvalue weighted by Gasteiger charge is 2.20. The van der Waals surface area contributed by atoms with Gasteiger partial charge >= 0.3 is 0 Å². The first kappa shape index (κ1) is 16.9. The molecule has 0 heterocycles. The molecule has 0 radical (unpaired) electrons. The number of carbonyl (C=O) groups excluding carboxylic acids is 1. The van der Waals surface area contributed by atoms with E-state index in [0.29, 0.717) is 6.07 Å². The van der Waals surface area contributed by atoms with Crippen molar-refractivity contribution >= 4 is 21.6 Å². The molecular formula is C15H14F2N2O3S. The number of hydrogen-bond acceptors (Lipinski definition) is 3. The van der Waals surface area contributed by atoms with Crippen LogP contribution in [0.5, 0.6) is 0 Å². The molecule has 2 aromatic carbocycles. The Hall–Kier alpha value is -2.48. The summed E-state index contributed by atoms with van der Waals surface area (Å²) in [4.78, 5) is 12.5. The lowest BCUT2D eigenvalue weighted by Gasteiger charge is -2.12. The highest BCUT2D eigenvalue weighted by Crippen LogP contribution is 2.20. The lowest BCUT2D eigenvalue weighted by Crippen LogP contribution is -2.22. The summed E-state index contributed by atoms with van der Waals surface area (Å²) in [5, 5.41) is 0. The number of hydrogen-bond donors (Lipinski definition) is 1. The molecular weight excluding hydrogens is 326 g/mol. The standard InChI is InChI=1S/C15H14F2N2O3S/c1-19(2)15(20)10-4-3-5-12(8-10)18-23(21,22)14-7-6-11(16)9-13(14)17/h3-9,18H,1-2H3. The lowest BCUT2D eigenvalue weighted by atomic mass is 10.2. The highest BCUT2D eigenvalue weighted by atomic mass is 32.2. The number of amides is 1. The number of anilines is 1. The minimum absolute atomic E-state index is 0.0985. The maximum atomic E-state index is 13.6. The van der Waals surface area contributed by atoms with Crippen LogP contribution in [0.15, 0.2) is 47.4 Å². The summed E-state index contributed by atoms with van der Waals surface area (Å²) in [6.07, 6.45) is 0. The van der Waals surface area contributed by atoms with Crippen LogP contribution in [-0.2, 0) is 10.0 Å². The largest absolute Gasteiger partial charge is 0.345 e. The predicted octanol–water partition coefficient (Wildman–Crippen LogP) is 2.47. The fourth-order valence-electron chi connectivity index (χ4n) is 1.88. The molecule has 0 saturated carbocycles. The van der Waals surface area contributed by atoms with Gasteiger partial charge in [0.2, 0.25) is 0 Å². The number of benzene rings is 2. The van der Waals surface area contributed by atoms with Crippen LogP contribution in [0.3, 0.4) is 0 Å². The smallest absolute Gasteiger partial charge is 0.264 e. The van der Waals surface area contributed by atoms with Crippen LogP contribution in [-0.4, -0.2) is 33.3 Å². The fourth-order valence-corrected chi connectivity index (χ4v) is 2.99.